The Bertz CT molecular complexity index is 545. The van der Waals surface area contributed by atoms with Crippen LogP contribution >= 0.6 is 23.1 Å². The van der Waals surface area contributed by atoms with Gasteiger partial charge in [0, 0.05) is 16.3 Å². The number of aromatic nitrogens is 1. The number of aryl methyl sites for hydroxylation is 1. The summed E-state index contributed by atoms with van der Waals surface area (Å²) in [5.41, 5.74) is 7.33. The zero-order chi connectivity index (χ0) is 13.8. The van der Waals surface area contributed by atoms with Crippen molar-refractivity contribution in [1.82, 2.24) is 4.98 Å². The van der Waals surface area contributed by atoms with Gasteiger partial charge in [0.1, 0.15) is 10.8 Å². The molecule has 2 rings (SSSR count). The Balaban J connectivity index is 2.54. The number of nitrogens with two attached hydrogens (primary N) is 1. The van der Waals surface area contributed by atoms with Crippen LogP contribution in [-0.2, 0) is 13.0 Å². The first-order valence-electron chi connectivity index (χ1n) is 6.31. The molecule has 102 valence electrons. The fourth-order valence-electron chi connectivity index (χ4n) is 1.91. The summed E-state index contributed by atoms with van der Waals surface area (Å²) in [5, 5.41) is 0.742. The van der Waals surface area contributed by atoms with Crippen molar-refractivity contribution < 1.29 is 4.39 Å². The monoisotopic (exact) mass is 296 g/mol. The van der Waals surface area contributed by atoms with Crippen LogP contribution in [0.2, 0.25) is 0 Å². The van der Waals surface area contributed by atoms with Crippen molar-refractivity contribution in [2.45, 2.75) is 31.7 Å². The lowest BCUT2D eigenvalue weighted by molar-refractivity contribution is 0.628. The fourth-order valence-corrected chi connectivity index (χ4v) is 3.89. The van der Waals surface area contributed by atoms with Gasteiger partial charge in [0.05, 0.1) is 11.3 Å². The molecule has 0 aliphatic carbocycles. The predicted octanol–water partition coefficient (Wildman–Crippen LogP) is 4.08. The van der Waals surface area contributed by atoms with Crippen LogP contribution in [0.3, 0.4) is 0 Å². The number of hydrogen-bond acceptors (Lipinski definition) is 4. The SMILES string of the molecule is CCSc1cccc(F)c1-c1nc(CC)c(CN)s1. The molecule has 2 aromatic rings. The van der Waals surface area contributed by atoms with Crippen LogP contribution in [0.15, 0.2) is 23.1 Å². The molecule has 0 amide bonds. The van der Waals surface area contributed by atoms with Gasteiger partial charge in [-0.3, -0.25) is 0 Å². The summed E-state index contributed by atoms with van der Waals surface area (Å²) in [6, 6.07) is 5.18. The van der Waals surface area contributed by atoms with E-state index in [2.05, 4.69) is 11.9 Å². The van der Waals surface area contributed by atoms with E-state index >= 15 is 0 Å². The molecule has 1 aromatic carbocycles. The highest BCUT2D eigenvalue weighted by Crippen LogP contribution is 2.37. The molecule has 0 aliphatic heterocycles. The van der Waals surface area contributed by atoms with Gasteiger partial charge in [-0.2, -0.15) is 0 Å². The largest absolute Gasteiger partial charge is 0.326 e. The zero-order valence-electron chi connectivity index (χ0n) is 11.1. The molecule has 5 heteroatoms. The second-order valence-corrected chi connectivity index (χ2v) is 6.38. The topological polar surface area (TPSA) is 38.9 Å². The van der Waals surface area contributed by atoms with Crippen molar-refractivity contribution in [1.29, 1.82) is 0 Å². The molecule has 0 atom stereocenters. The summed E-state index contributed by atoms with van der Waals surface area (Å²) in [5.74, 6) is 0.699. The molecule has 0 spiro atoms. The van der Waals surface area contributed by atoms with E-state index in [4.69, 9.17) is 5.73 Å². The molecular formula is C14H17FN2S2. The number of rotatable bonds is 5. The van der Waals surface area contributed by atoms with Crippen LogP contribution in [0.25, 0.3) is 10.6 Å². The molecule has 0 radical (unpaired) electrons. The highest BCUT2D eigenvalue weighted by molar-refractivity contribution is 7.99. The van der Waals surface area contributed by atoms with Gasteiger partial charge in [0.15, 0.2) is 0 Å². The van der Waals surface area contributed by atoms with Crippen molar-refractivity contribution in [2.75, 3.05) is 5.75 Å². The van der Waals surface area contributed by atoms with Gasteiger partial charge in [-0.15, -0.1) is 23.1 Å². The maximum Gasteiger partial charge on any atom is 0.134 e. The number of halogens is 1. The van der Waals surface area contributed by atoms with E-state index in [1.807, 2.05) is 13.0 Å². The number of thiazole rings is 1. The third kappa shape index (κ3) is 2.99. The Morgan fingerprint density at radius 1 is 1.37 bits per heavy atom. The van der Waals surface area contributed by atoms with Gasteiger partial charge >= 0.3 is 0 Å². The first kappa shape index (κ1) is 14.5. The predicted molar refractivity (Wildman–Crippen MR) is 81.2 cm³/mol. The molecule has 2 N–H and O–H groups in total. The maximum atomic E-state index is 14.1. The van der Waals surface area contributed by atoms with Crippen LogP contribution in [0.1, 0.15) is 24.4 Å². The number of benzene rings is 1. The average Bonchev–Trinajstić information content (AvgIpc) is 2.82. The van der Waals surface area contributed by atoms with Gasteiger partial charge in [-0.1, -0.05) is 19.9 Å². The van der Waals surface area contributed by atoms with Gasteiger partial charge < -0.3 is 5.73 Å². The van der Waals surface area contributed by atoms with E-state index < -0.39 is 0 Å². The lowest BCUT2D eigenvalue weighted by Crippen LogP contribution is -1.96. The quantitative estimate of drug-likeness (QED) is 0.845. The smallest absolute Gasteiger partial charge is 0.134 e. The summed E-state index contributed by atoms with van der Waals surface area (Å²) in [4.78, 5) is 6.55. The van der Waals surface area contributed by atoms with Crippen molar-refractivity contribution in [3.8, 4) is 10.6 Å². The van der Waals surface area contributed by atoms with Crippen molar-refractivity contribution in [3.63, 3.8) is 0 Å². The first-order chi connectivity index (χ1) is 9.21. The van der Waals surface area contributed by atoms with Crippen LogP contribution in [0.4, 0.5) is 4.39 Å². The molecule has 0 saturated carbocycles. The van der Waals surface area contributed by atoms with Crippen LogP contribution in [-0.4, -0.2) is 10.7 Å². The summed E-state index contributed by atoms with van der Waals surface area (Å²) in [6.07, 6.45) is 0.827. The third-order valence-corrected chi connectivity index (χ3v) is 4.86. The average molecular weight is 296 g/mol. The Kier molecular flexibility index (Phi) is 4.96. The standard InChI is InChI=1S/C14H17FN2S2/c1-3-10-12(8-16)19-14(17-10)13-9(15)6-5-7-11(13)18-4-2/h5-7H,3-4,8,16H2,1-2H3. The second kappa shape index (κ2) is 6.50. The molecule has 0 unspecified atom stereocenters. The second-order valence-electron chi connectivity index (χ2n) is 3.99. The molecule has 1 aromatic heterocycles. The Morgan fingerprint density at radius 2 is 2.16 bits per heavy atom. The van der Waals surface area contributed by atoms with Gasteiger partial charge in [0.2, 0.25) is 0 Å². The number of hydrogen-bond donors (Lipinski definition) is 1. The molecule has 1 heterocycles. The minimum Gasteiger partial charge on any atom is -0.326 e. The maximum absolute atomic E-state index is 14.1. The molecule has 19 heavy (non-hydrogen) atoms. The van der Waals surface area contributed by atoms with Crippen LogP contribution in [0.5, 0.6) is 0 Å². The fraction of sp³-hybridized carbons (Fsp3) is 0.357. The van der Waals surface area contributed by atoms with Crippen molar-refractivity contribution in [3.05, 3.63) is 34.6 Å². The first-order valence-corrected chi connectivity index (χ1v) is 8.11. The summed E-state index contributed by atoms with van der Waals surface area (Å²) >= 11 is 3.14. The summed E-state index contributed by atoms with van der Waals surface area (Å²) in [6.45, 7) is 4.57. The van der Waals surface area contributed by atoms with Crippen molar-refractivity contribution in [2.24, 2.45) is 5.73 Å². The normalized spacial score (nSPS) is 10.9. The molecule has 0 bridgehead atoms. The Labute approximate surface area is 121 Å². The number of nitrogens with zero attached hydrogens (tertiary/aromatic N) is 1. The van der Waals surface area contributed by atoms with E-state index in [1.165, 1.54) is 17.4 Å². The Morgan fingerprint density at radius 3 is 2.74 bits per heavy atom. The lowest BCUT2D eigenvalue weighted by Gasteiger charge is -2.06. The lowest BCUT2D eigenvalue weighted by atomic mass is 10.2. The highest BCUT2D eigenvalue weighted by atomic mass is 32.2. The molecular weight excluding hydrogens is 279 g/mol. The Hall–Kier alpha value is -0.910. The molecule has 0 saturated heterocycles. The van der Waals surface area contributed by atoms with Gasteiger partial charge in [-0.05, 0) is 24.3 Å². The molecule has 2 nitrogen and oxygen atoms in total. The van der Waals surface area contributed by atoms with Gasteiger partial charge in [0.25, 0.3) is 0 Å². The summed E-state index contributed by atoms with van der Waals surface area (Å²) < 4.78 is 14.1. The molecule has 0 aliphatic rings. The van der Waals surface area contributed by atoms with E-state index in [1.54, 1.807) is 17.8 Å². The third-order valence-electron chi connectivity index (χ3n) is 2.79. The van der Waals surface area contributed by atoms with Gasteiger partial charge in [-0.25, -0.2) is 9.37 Å². The number of thioether (sulfide) groups is 1. The minimum absolute atomic E-state index is 0.210. The van der Waals surface area contributed by atoms with Crippen LogP contribution < -0.4 is 5.73 Å². The highest BCUT2D eigenvalue weighted by Gasteiger charge is 2.17. The minimum atomic E-state index is -0.210. The van der Waals surface area contributed by atoms with E-state index in [0.29, 0.717) is 12.1 Å². The van der Waals surface area contributed by atoms with E-state index in [0.717, 1.165) is 32.6 Å². The molecule has 0 fully saturated rings. The zero-order valence-corrected chi connectivity index (χ0v) is 12.7. The van der Waals surface area contributed by atoms with Crippen molar-refractivity contribution >= 4 is 23.1 Å². The van der Waals surface area contributed by atoms with E-state index in [9.17, 15) is 4.39 Å². The summed E-state index contributed by atoms with van der Waals surface area (Å²) in [7, 11) is 0. The van der Waals surface area contributed by atoms with E-state index in [-0.39, 0.29) is 5.82 Å². The van der Waals surface area contributed by atoms with Crippen LogP contribution in [0, 0.1) is 5.82 Å².